The zero-order valence-electron chi connectivity index (χ0n) is 19.4. The molecule has 2 amide bonds. The zero-order chi connectivity index (χ0) is 23.9. The van der Waals surface area contributed by atoms with Gasteiger partial charge in [-0.1, -0.05) is 12.1 Å². The summed E-state index contributed by atoms with van der Waals surface area (Å²) in [5.74, 6) is 2.95. The van der Waals surface area contributed by atoms with Gasteiger partial charge in [-0.05, 0) is 56.5 Å². The first-order valence-corrected chi connectivity index (χ1v) is 11.6. The van der Waals surface area contributed by atoms with Crippen LogP contribution in [0.4, 0.5) is 0 Å². The van der Waals surface area contributed by atoms with Gasteiger partial charge in [0, 0.05) is 36.2 Å². The van der Waals surface area contributed by atoms with Crippen molar-refractivity contribution < 1.29 is 23.2 Å². The third-order valence-electron chi connectivity index (χ3n) is 7.11. The van der Waals surface area contributed by atoms with Crippen molar-refractivity contribution in [1.29, 1.82) is 0 Å². The van der Waals surface area contributed by atoms with Crippen LogP contribution in [0.1, 0.15) is 63.4 Å². The number of piperidine rings is 1. The summed E-state index contributed by atoms with van der Waals surface area (Å²) in [6.45, 7) is 6.03. The Kier molecular flexibility index (Phi) is 5.69. The molecule has 3 N–H and O–H groups in total. The number of carbonyl (C=O) groups is 2. The van der Waals surface area contributed by atoms with Crippen LogP contribution >= 0.6 is 0 Å². The molecular weight excluding hydrogens is 434 g/mol. The molecule has 4 heterocycles. The Hall–Kier alpha value is -3.52. The van der Waals surface area contributed by atoms with Gasteiger partial charge in [-0.25, -0.2) is 0 Å². The Balaban J connectivity index is 1.31. The summed E-state index contributed by atoms with van der Waals surface area (Å²) in [7, 11) is 0. The summed E-state index contributed by atoms with van der Waals surface area (Å²) in [6.07, 6.45) is 2.25. The Morgan fingerprint density at radius 3 is 2.65 bits per heavy atom. The fourth-order valence-corrected chi connectivity index (χ4v) is 5.20. The minimum atomic E-state index is -0.523. The number of carbonyl (C=O) groups excluding carboxylic acids is 2. The second-order valence-electron chi connectivity index (χ2n) is 9.18. The highest BCUT2D eigenvalue weighted by molar-refractivity contribution is 5.91. The predicted octanol–water partition coefficient (Wildman–Crippen LogP) is 3.35. The van der Waals surface area contributed by atoms with Gasteiger partial charge in [0.05, 0.1) is 6.61 Å². The lowest BCUT2D eigenvalue weighted by Gasteiger charge is -2.38. The number of likely N-dealkylation sites (tertiary alicyclic amines) is 1. The first-order chi connectivity index (χ1) is 16.4. The number of fused-ring (bicyclic) bond motifs is 2. The number of furan rings is 2. The van der Waals surface area contributed by atoms with Crippen molar-refractivity contribution in [2.75, 3.05) is 19.7 Å². The van der Waals surface area contributed by atoms with Gasteiger partial charge in [0.25, 0.3) is 5.91 Å². The maximum Gasteiger partial charge on any atom is 0.289 e. The van der Waals surface area contributed by atoms with Crippen LogP contribution in [-0.4, -0.2) is 36.9 Å². The molecule has 2 aromatic heterocycles. The molecule has 1 spiro atoms. The van der Waals surface area contributed by atoms with Gasteiger partial charge in [0.2, 0.25) is 6.41 Å². The second kappa shape index (κ2) is 8.68. The molecule has 8 nitrogen and oxygen atoms in total. The average molecular weight is 464 g/mol. The molecule has 0 saturated carbocycles. The van der Waals surface area contributed by atoms with Crippen LogP contribution < -0.4 is 15.8 Å². The molecule has 178 valence electrons. The highest BCUT2D eigenvalue weighted by Gasteiger charge is 2.44. The van der Waals surface area contributed by atoms with Gasteiger partial charge < -0.3 is 29.5 Å². The number of benzene rings is 1. The number of aryl methyl sites for hydroxylation is 2. The zero-order valence-corrected chi connectivity index (χ0v) is 19.4. The molecule has 1 saturated heterocycles. The fourth-order valence-electron chi connectivity index (χ4n) is 5.20. The Bertz CT molecular complexity index is 1220. The molecule has 0 aliphatic carbocycles. The highest BCUT2D eigenvalue weighted by atomic mass is 16.5. The van der Waals surface area contributed by atoms with Crippen molar-refractivity contribution in [1.82, 2.24) is 10.2 Å². The second-order valence-corrected chi connectivity index (χ2v) is 9.18. The topological polar surface area (TPSA) is 111 Å². The van der Waals surface area contributed by atoms with Crippen LogP contribution in [-0.2, 0) is 16.8 Å². The summed E-state index contributed by atoms with van der Waals surface area (Å²) in [5.41, 5.74) is 8.86. The minimum Gasteiger partial charge on any atom is -0.492 e. The van der Waals surface area contributed by atoms with Crippen LogP contribution in [0.2, 0.25) is 0 Å². The van der Waals surface area contributed by atoms with Crippen LogP contribution in [0.3, 0.4) is 0 Å². The van der Waals surface area contributed by atoms with E-state index in [2.05, 4.69) is 11.4 Å². The van der Waals surface area contributed by atoms with Crippen molar-refractivity contribution >= 4 is 12.3 Å². The van der Waals surface area contributed by atoms with E-state index in [0.29, 0.717) is 44.2 Å². The number of hydrogen-bond acceptors (Lipinski definition) is 6. The van der Waals surface area contributed by atoms with Gasteiger partial charge in [-0.15, -0.1) is 0 Å². The molecule has 1 aromatic carbocycles. The molecule has 1 fully saturated rings. The lowest BCUT2D eigenvalue weighted by Crippen LogP contribution is -2.46. The summed E-state index contributed by atoms with van der Waals surface area (Å²) in [6, 6.07) is 10.9. The molecule has 2 aliphatic heterocycles. The molecule has 34 heavy (non-hydrogen) atoms. The quantitative estimate of drug-likeness (QED) is 0.543. The monoisotopic (exact) mass is 463 g/mol. The minimum absolute atomic E-state index is 0.0821. The standard InChI is InChI=1S/C26H29N3O5/c1-16-11-19(17(2)33-16)24(28-15-30)22-5-6-23(34-22)25(31)29-9-7-26(8-10-29)14-32-21-4-3-18(13-27)12-20(21)26/h3-6,11-12,15,24H,7-10,13-14,27H2,1-2H3,(H,28,30). The molecule has 5 rings (SSSR count). The van der Waals surface area contributed by atoms with Crippen molar-refractivity contribution in [2.24, 2.45) is 5.73 Å². The van der Waals surface area contributed by atoms with E-state index in [4.69, 9.17) is 19.3 Å². The Morgan fingerprint density at radius 2 is 1.97 bits per heavy atom. The van der Waals surface area contributed by atoms with Gasteiger partial charge in [0.15, 0.2) is 5.76 Å². The summed E-state index contributed by atoms with van der Waals surface area (Å²) in [5, 5.41) is 2.77. The molecule has 2 aliphatic rings. The Morgan fingerprint density at radius 1 is 1.18 bits per heavy atom. The van der Waals surface area contributed by atoms with Crippen molar-refractivity contribution in [3.8, 4) is 5.75 Å². The van der Waals surface area contributed by atoms with Crippen LogP contribution in [0.15, 0.2) is 45.2 Å². The summed E-state index contributed by atoms with van der Waals surface area (Å²) < 4.78 is 17.5. The highest BCUT2D eigenvalue weighted by Crippen LogP contribution is 2.46. The van der Waals surface area contributed by atoms with E-state index in [1.807, 2.05) is 36.9 Å². The third kappa shape index (κ3) is 3.77. The number of nitrogens with zero attached hydrogens (tertiary/aromatic N) is 1. The number of nitrogens with two attached hydrogens (primary N) is 1. The Labute approximate surface area is 198 Å². The van der Waals surface area contributed by atoms with Crippen molar-refractivity contribution in [3.63, 3.8) is 0 Å². The van der Waals surface area contributed by atoms with E-state index in [1.165, 1.54) is 5.56 Å². The van der Waals surface area contributed by atoms with E-state index in [-0.39, 0.29) is 17.1 Å². The fraction of sp³-hybridized carbons (Fsp3) is 0.385. The molecule has 3 aromatic rings. The molecule has 1 unspecified atom stereocenters. The summed E-state index contributed by atoms with van der Waals surface area (Å²) >= 11 is 0. The molecule has 8 heteroatoms. The maximum atomic E-state index is 13.2. The smallest absolute Gasteiger partial charge is 0.289 e. The van der Waals surface area contributed by atoms with E-state index in [0.717, 1.165) is 35.5 Å². The molecular formula is C26H29N3O5. The number of nitrogens with one attached hydrogen (secondary N) is 1. The first kappa shape index (κ1) is 22.3. The predicted molar refractivity (Wildman–Crippen MR) is 125 cm³/mol. The number of ether oxygens (including phenoxy) is 1. The van der Waals surface area contributed by atoms with E-state index in [9.17, 15) is 9.59 Å². The molecule has 1 atom stereocenters. The lowest BCUT2D eigenvalue weighted by atomic mass is 9.74. The van der Waals surface area contributed by atoms with E-state index < -0.39 is 6.04 Å². The van der Waals surface area contributed by atoms with E-state index in [1.54, 1.807) is 12.1 Å². The normalized spacial score (nSPS) is 17.3. The van der Waals surface area contributed by atoms with Crippen LogP contribution in [0, 0.1) is 13.8 Å². The van der Waals surface area contributed by atoms with E-state index >= 15 is 0 Å². The lowest BCUT2D eigenvalue weighted by molar-refractivity contribution is -0.110. The SMILES string of the molecule is Cc1cc(C(NC=O)c2ccc(C(=O)N3CCC4(CC3)COc3ccc(CN)cc34)o2)c(C)o1. The average Bonchev–Trinajstić information content (AvgIpc) is 3.55. The van der Waals surface area contributed by atoms with Gasteiger partial charge in [-0.3, -0.25) is 9.59 Å². The van der Waals surface area contributed by atoms with Crippen molar-refractivity contribution in [3.05, 3.63) is 76.1 Å². The van der Waals surface area contributed by atoms with Gasteiger partial charge in [-0.2, -0.15) is 0 Å². The number of hydrogen-bond donors (Lipinski definition) is 2. The van der Waals surface area contributed by atoms with Crippen molar-refractivity contribution in [2.45, 2.75) is 44.7 Å². The molecule has 0 bridgehead atoms. The van der Waals surface area contributed by atoms with Gasteiger partial charge >= 0.3 is 0 Å². The molecule has 0 radical (unpaired) electrons. The van der Waals surface area contributed by atoms with Gasteiger partial charge in [0.1, 0.15) is 29.1 Å². The number of amides is 2. The number of rotatable bonds is 6. The van der Waals surface area contributed by atoms with Crippen LogP contribution in [0.5, 0.6) is 5.75 Å². The first-order valence-electron chi connectivity index (χ1n) is 11.6. The third-order valence-corrected chi connectivity index (χ3v) is 7.11. The van der Waals surface area contributed by atoms with Crippen LogP contribution in [0.25, 0.3) is 0 Å². The maximum absolute atomic E-state index is 13.2. The largest absolute Gasteiger partial charge is 0.492 e. The summed E-state index contributed by atoms with van der Waals surface area (Å²) in [4.78, 5) is 26.3.